The molecule has 6 nitrogen and oxygen atoms in total. The van der Waals surface area contributed by atoms with Crippen molar-refractivity contribution in [3.63, 3.8) is 0 Å². The van der Waals surface area contributed by atoms with Crippen molar-refractivity contribution in [1.29, 1.82) is 0 Å². The number of amides is 1. The van der Waals surface area contributed by atoms with Crippen LogP contribution in [0.5, 0.6) is 0 Å². The lowest BCUT2D eigenvalue weighted by atomic mass is 10.1. The highest BCUT2D eigenvalue weighted by atomic mass is 32.2. The van der Waals surface area contributed by atoms with Crippen LogP contribution in [0, 0.1) is 10.1 Å². The molecule has 1 aromatic carbocycles. The molecule has 1 amide bonds. The van der Waals surface area contributed by atoms with Crippen LogP contribution in [-0.2, 0) is 4.79 Å². The second kappa shape index (κ2) is 7.31. The topological polar surface area (TPSA) is 67.9 Å². The van der Waals surface area contributed by atoms with Crippen molar-refractivity contribution in [2.24, 2.45) is 0 Å². The largest absolute Gasteiger partial charge is 0.333 e. The summed E-state index contributed by atoms with van der Waals surface area (Å²) >= 11 is 1.56. The molecule has 1 N–H and O–H groups in total. The zero-order valence-electron chi connectivity index (χ0n) is 13.1. The third kappa shape index (κ3) is 3.84. The normalized spacial score (nSPS) is 22.5. The van der Waals surface area contributed by atoms with E-state index < -0.39 is 0 Å². The number of non-ortho nitro benzene ring substituents is 1. The van der Waals surface area contributed by atoms with Crippen LogP contribution in [-0.4, -0.2) is 47.7 Å². The first kappa shape index (κ1) is 16.3. The van der Waals surface area contributed by atoms with Crippen LogP contribution in [0.1, 0.15) is 30.2 Å². The molecule has 1 unspecified atom stereocenters. The van der Waals surface area contributed by atoms with Crippen LogP contribution in [0.3, 0.4) is 0 Å². The molecule has 0 bridgehead atoms. The number of thioether (sulfide) groups is 1. The van der Waals surface area contributed by atoms with Crippen molar-refractivity contribution in [2.45, 2.75) is 24.6 Å². The summed E-state index contributed by atoms with van der Waals surface area (Å²) in [4.78, 5) is 26.3. The highest BCUT2D eigenvalue weighted by molar-refractivity contribution is 8.00. The number of rotatable bonds is 5. The quantitative estimate of drug-likeness (QED) is 0.649. The van der Waals surface area contributed by atoms with Crippen molar-refractivity contribution < 1.29 is 14.6 Å². The molecule has 0 spiro atoms. The van der Waals surface area contributed by atoms with Crippen molar-refractivity contribution in [2.75, 3.05) is 31.9 Å². The lowest BCUT2D eigenvalue weighted by molar-refractivity contribution is -0.904. The number of quaternary nitrogens is 1. The molecular weight excluding hydrogens is 314 g/mol. The van der Waals surface area contributed by atoms with E-state index in [0.717, 1.165) is 18.7 Å². The van der Waals surface area contributed by atoms with E-state index in [4.69, 9.17) is 0 Å². The zero-order chi connectivity index (χ0) is 16.2. The summed E-state index contributed by atoms with van der Waals surface area (Å²) in [5.74, 6) is 0.603. The van der Waals surface area contributed by atoms with E-state index in [0.29, 0.717) is 5.75 Å². The van der Waals surface area contributed by atoms with Crippen LogP contribution in [0.2, 0.25) is 0 Å². The molecule has 2 aliphatic heterocycles. The summed E-state index contributed by atoms with van der Waals surface area (Å²) in [5.41, 5.74) is 0.938. The van der Waals surface area contributed by atoms with Gasteiger partial charge in [-0.05, 0) is 24.8 Å². The van der Waals surface area contributed by atoms with Crippen LogP contribution in [0.25, 0.3) is 0 Å². The van der Waals surface area contributed by atoms with Gasteiger partial charge in [-0.1, -0.05) is 12.1 Å². The molecular formula is C16H22N3O3S+. The van der Waals surface area contributed by atoms with E-state index in [1.165, 1.54) is 38.4 Å². The number of nitrogens with zero attached hydrogens (tertiary/aromatic N) is 2. The maximum atomic E-state index is 12.2. The average Bonchev–Trinajstić information content (AvgIpc) is 2.95. The fourth-order valence-electron chi connectivity index (χ4n) is 3.34. The Balaban J connectivity index is 1.69. The molecule has 0 radical (unpaired) electrons. The van der Waals surface area contributed by atoms with Gasteiger partial charge in [0.1, 0.15) is 5.37 Å². The standard InChI is InChI=1S/C16H21N3O3S/c20-15-12-23-16(13-5-4-6-14(11-13)19(21)22)18(15)10-9-17-7-2-1-3-8-17/h4-6,11,16H,1-3,7-10,12H2/p+1. The average molecular weight is 336 g/mol. The molecule has 0 aromatic heterocycles. The number of hydrogen-bond acceptors (Lipinski definition) is 4. The Morgan fingerprint density at radius 2 is 2.09 bits per heavy atom. The number of nitro benzene ring substituents is 1. The second-order valence-electron chi connectivity index (χ2n) is 6.16. The Hall–Kier alpha value is -1.60. The summed E-state index contributed by atoms with van der Waals surface area (Å²) < 4.78 is 0. The van der Waals surface area contributed by atoms with Crippen molar-refractivity contribution in [3.05, 3.63) is 39.9 Å². The van der Waals surface area contributed by atoms with Crippen LogP contribution in [0.15, 0.2) is 24.3 Å². The van der Waals surface area contributed by atoms with E-state index in [1.54, 1.807) is 28.8 Å². The Bertz CT molecular complexity index is 590. The summed E-state index contributed by atoms with van der Waals surface area (Å²) in [6.07, 6.45) is 3.86. The van der Waals surface area contributed by atoms with Crippen LogP contribution < -0.4 is 4.90 Å². The second-order valence-corrected chi connectivity index (χ2v) is 7.23. The molecule has 23 heavy (non-hydrogen) atoms. The predicted molar refractivity (Wildman–Crippen MR) is 89.4 cm³/mol. The first-order valence-corrected chi connectivity index (χ1v) is 9.19. The minimum atomic E-state index is -0.382. The summed E-state index contributed by atoms with van der Waals surface area (Å²) in [7, 11) is 0. The number of carbonyl (C=O) groups is 1. The number of benzene rings is 1. The lowest BCUT2D eigenvalue weighted by Crippen LogP contribution is -3.13. The Labute approximate surface area is 140 Å². The molecule has 2 heterocycles. The number of carbonyl (C=O) groups excluding carboxylic acids is 1. The van der Waals surface area contributed by atoms with Gasteiger partial charge in [0.15, 0.2) is 0 Å². The SMILES string of the molecule is O=C1CSC(c2cccc([N+](=O)[O-])c2)N1CC[NH+]1CCCCC1. The minimum Gasteiger partial charge on any atom is -0.333 e. The minimum absolute atomic E-state index is 0.0871. The molecule has 2 fully saturated rings. The van der Waals surface area contributed by atoms with Gasteiger partial charge in [-0.15, -0.1) is 11.8 Å². The molecule has 124 valence electrons. The Morgan fingerprint density at radius 1 is 1.30 bits per heavy atom. The smallest absolute Gasteiger partial charge is 0.269 e. The molecule has 7 heteroatoms. The third-order valence-corrected chi connectivity index (χ3v) is 5.86. The highest BCUT2D eigenvalue weighted by Crippen LogP contribution is 2.39. The summed E-state index contributed by atoms with van der Waals surface area (Å²) in [6, 6.07) is 6.67. The van der Waals surface area contributed by atoms with Crippen molar-refractivity contribution in [3.8, 4) is 0 Å². The third-order valence-electron chi connectivity index (χ3n) is 4.60. The van der Waals surface area contributed by atoms with Gasteiger partial charge in [0.25, 0.3) is 5.69 Å². The molecule has 0 aliphatic carbocycles. The van der Waals surface area contributed by atoms with E-state index in [9.17, 15) is 14.9 Å². The Morgan fingerprint density at radius 3 is 2.83 bits per heavy atom. The highest BCUT2D eigenvalue weighted by Gasteiger charge is 2.34. The Kier molecular flexibility index (Phi) is 5.17. The van der Waals surface area contributed by atoms with Gasteiger partial charge in [-0.3, -0.25) is 14.9 Å². The molecule has 1 aromatic rings. The summed E-state index contributed by atoms with van der Waals surface area (Å²) in [5, 5.41) is 10.9. The predicted octanol–water partition coefficient (Wildman–Crippen LogP) is 1.24. The molecule has 0 saturated carbocycles. The summed E-state index contributed by atoms with van der Waals surface area (Å²) in [6.45, 7) is 4.08. The maximum Gasteiger partial charge on any atom is 0.269 e. The molecule has 2 saturated heterocycles. The van der Waals surface area contributed by atoms with Gasteiger partial charge >= 0.3 is 0 Å². The zero-order valence-corrected chi connectivity index (χ0v) is 13.9. The number of likely N-dealkylation sites (tertiary alicyclic amines) is 1. The van der Waals surface area contributed by atoms with E-state index in [2.05, 4.69) is 0 Å². The number of piperidine rings is 1. The lowest BCUT2D eigenvalue weighted by Gasteiger charge is -2.28. The molecule has 3 rings (SSSR count). The van der Waals surface area contributed by atoms with Crippen LogP contribution in [0.4, 0.5) is 5.69 Å². The van der Waals surface area contributed by atoms with Gasteiger partial charge in [-0.25, -0.2) is 0 Å². The van der Waals surface area contributed by atoms with Gasteiger partial charge < -0.3 is 9.80 Å². The van der Waals surface area contributed by atoms with Crippen molar-refractivity contribution >= 4 is 23.4 Å². The first-order chi connectivity index (χ1) is 11.1. The van der Waals surface area contributed by atoms with E-state index in [1.807, 2.05) is 11.0 Å². The van der Waals surface area contributed by atoms with Crippen LogP contribution >= 0.6 is 11.8 Å². The van der Waals surface area contributed by atoms with Gasteiger partial charge in [0, 0.05) is 12.1 Å². The number of hydrogen-bond donors (Lipinski definition) is 1. The fourth-order valence-corrected chi connectivity index (χ4v) is 4.55. The molecule has 1 atom stereocenters. The maximum absolute atomic E-state index is 12.2. The van der Waals surface area contributed by atoms with Gasteiger partial charge in [0.2, 0.25) is 5.91 Å². The fraction of sp³-hybridized carbons (Fsp3) is 0.562. The van der Waals surface area contributed by atoms with E-state index >= 15 is 0 Å². The first-order valence-electron chi connectivity index (χ1n) is 8.14. The van der Waals surface area contributed by atoms with Crippen molar-refractivity contribution in [1.82, 2.24) is 4.90 Å². The monoisotopic (exact) mass is 336 g/mol. The number of nitro groups is 1. The van der Waals surface area contributed by atoms with Gasteiger partial charge in [-0.2, -0.15) is 0 Å². The number of nitrogens with one attached hydrogen (secondary N) is 1. The molecule has 2 aliphatic rings. The van der Waals surface area contributed by atoms with Gasteiger partial charge in [0.05, 0.1) is 36.9 Å². The van der Waals surface area contributed by atoms with E-state index in [-0.39, 0.29) is 21.9 Å².